The van der Waals surface area contributed by atoms with E-state index >= 15 is 0 Å². The Kier molecular flexibility index (Phi) is 8.37. The van der Waals surface area contributed by atoms with E-state index in [1.165, 1.54) is 32.8 Å². The second-order valence-corrected chi connectivity index (χ2v) is 6.22. The Balaban J connectivity index is 2.98. The maximum absolute atomic E-state index is 5.50. The lowest BCUT2D eigenvalue weighted by atomic mass is 10.0. The Bertz CT molecular complexity index is 331. The van der Waals surface area contributed by atoms with E-state index in [-0.39, 0.29) is 0 Å². The fourth-order valence-corrected chi connectivity index (χ4v) is 2.69. The van der Waals surface area contributed by atoms with Crippen molar-refractivity contribution in [2.24, 2.45) is 0 Å². The molecule has 0 atom stereocenters. The van der Waals surface area contributed by atoms with Gasteiger partial charge in [-0.1, -0.05) is 45.2 Å². The Morgan fingerprint density at radius 2 is 1.22 bits per heavy atom. The van der Waals surface area contributed by atoms with Crippen molar-refractivity contribution in [3.05, 3.63) is 23.3 Å². The van der Waals surface area contributed by atoms with E-state index in [0.717, 1.165) is 24.3 Å². The van der Waals surface area contributed by atoms with Gasteiger partial charge in [-0.3, -0.25) is 0 Å². The topological polar surface area (TPSA) is 18.5 Å². The van der Waals surface area contributed by atoms with Crippen LogP contribution in [0.3, 0.4) is 0 Å². The van der Waals surface area contributed by atoms with Crippen molar-refractivity contribution >= 4 is 45.2 Å². The molecule has 2 nitrogen and oxygen atoms in total. The number of methoxy groups -OCH3 is 2. The number of halogens is 2. The Labute approximate surface area is 137 Å². The van der Waals surface area contributed by atoms with Crippen molar-refractivity contribution in [1.29, 1.82) is 0 Å². The van der Waals surface area contributed by atoms with Crippen molar-refractivity contribution in [2.45, 2.75) is 25.7 Å². The highest BCUT2D eigenvalue weighted by Crippen LogP contribution is 2.30. The van der Waals surface area contributed by atoms with Gasteiger partial charge in [0.2, 0.25) is 0 Å². The normalized spacial score (nSPS) is 10.4. The second-order valence-electron chi connectivity index (χ2n) is 4.06. The van der Waals surface area contributed by atoms with E-state index < -0.39 is 0 Å². The number of ether oxygens (including phenoxy) is 2. The minimum absolute atomic E-state index is 1.00. The zero-order valence-corrected chi connectivity index (χ0v) is 15.3. The lowest BCUT2D eigenvalue weighted by Gasteiger charge is -2.14. The van der Waals surface area contributed by atoms with E-state index in [1.807, 2.05) is 0 Å². The van der Waals surface area contributed by atoms with Gasteiger partial charge in [0.05, 0.1) is 14.2 Å². The highest BCUT2D eigenvalue weighted by Gasteiger charge is 2.10. The molecule has 0 aliphatic carbocycles. The monoisotopic (exact) mass is 474 g/mol. The van der Waals surface area contributed by atoms with Crippen LogP contribution in [0.15, 0.2) is 12.1 Å². The smallest absolute Gasteiger partial charge is 0.122 e. The van der Waals surface area contributed by atoms with Crippen molar-refractivity contribution in [3.63, 3.8) is 0 Å². The van der Waals surface area contributed by atoms with Crippen molar-refractivity contribution in [2.75, 3.05) is 23.1 Å². The molecule has 0 N–H and O–H groups in total. The van der Waals surface area contributed by atoms with Gasteiger partial charge < -0.3 is 9.47 Å². The molecule has 0 saturated carbocycles. The maximum Gasteiger partial charge on any atom is 0.122 e. The molecule has 1 aromatic rings. The lowest BCUT2D eigenvalue weighted by molar-refractivity contribution is 0.394. The zero-order chi connectivity index (χ0) is 13.4. The van der Waals surface area contributed by atoms with Crippen LogP contribution in [0.5, 0.6) is 11.5 Å². The molecule has 0 bridgehead atoms. The number of hydrogen-bond acceptors (Lipinski definition) is 2. The third kappa shape index (κ3) is 4.75. The summed E-state index contributed by atoms with van der Waals surface area (Å²) >= 11 is 4.82. The van der Waals surface area contributed by atoms with E-state index in [0.29, 0.717) is 0 Å². The first-order valence-corrected chi connectivity index (χ1v) is 9.17. The van der Waals surface area contributed by atoms with Crippen LogP contribution in [-0.4, -0.2) is 23.1 Å². The molecule has 0 unspecified atom stereocenters. The summed E-state index contributed by atoms with van der Waals surface area (Å²) in [5.74, 6) is 2.01. The van der Waals surface area contributed by atoms with Gasteiger partial charge in [-0.2, -0.15) is 0 Å². The van der Waals surface area contributed by atoms with Crippen LogP contribution in [0.25, 0.3) is 0 Å². The molecule has 0 saturated heterocycles. The van der Waals surface area contributed by atoms with Crippen LogP contribution in [-0.2, 0) is 12.8 Å². The molecule has 0 spiro atoms. The number of aryl methyl sites for hydroxylation is 2. The van der Waals surface area contributed by atoms with Crippen LogP contribution >= 0.6 is 45.2 Å². The van der Waals surface area contributed by atoms with Gasteiger partial charge >= 0.3 is 0 Å². The molecule has 4 heteroatoms. The van der Waals surface area contributed by atoms with E-state index in [2.05, 4.69) is 57.3 Å². The minimum Gasteiger partial charge on any atom is -0.496 e. The molecule has 0 heterocycles. The molecule has 1 aromatic carbocycles. The highest BCUT2D eigenvalue weighted by atomic mass is 127. The van der Waals surface area contributed by atoms with Crippen molar-refractivity contribution in [3.8, 4) is 11.5 Å². The van der Waals surface area contributed by atoms with E-state index in [4.69, 9.17) is 9.47 Å². The molecule has 0 amide bonds. The van der Waals surface area contributed by atoms with Crippen LogP contribution in [0.4, 0.5) is 0 Å². The summed E-state index contributed by atoms with van der Waals surface area (Å²) in [6.07, 6.45) is 4.45. The molecule has 1 rings (SSSR count). The average molecular weight is 474 g/mol. The van der Waals surface area contributed by atoms with Crippen LogP contribution in [0.1, 0.15) is 24.0 Å². The van der Waals surface area contributed by atoms with Gasteiger partial charge in [-0.15, -0.1) is 0 Å². The third-order valence-corrected chi connectivity index (χ3v) is 4.37. The Hall–Kier alpha value is 0.280. The summed E-state index contributed by atoms with van der Waals surface area (Å²) in [5, 5.41) is 0. The van der Waals surface area contributed by atoms with Crippen molar-refractivity contribution in [1.82, 2.24) is 0 Å². The van der Waals surface area contributed by atoms with E-state index in [9.17, 15) is 0 Å². The molecule has 0 fully saturated rings. The minimum atomic E-state index is 1.00. The van der Waals surface area contributed by atoms with Gasteiger partial charge in [0.15, 0.2) is 0 Å². The first-order chi connectivity index (χ1) is 8.76. The number of alkyl halides is 2. The third-order valence-electron chi connectivity index (χ3n) is 2.84. The summed E-state index contributed by atoms with van der Waals surface area (Å²) < 4.78 is 13.3. The van der Waals surface area contributed by atoms with Crippen LogP contribution in [0, 0.1) is 0 Å². The van der Waals surface area contributed by atoms with Gasteiger partial charge in [0.25, 0.3) is 0 Å². The molecule has 0 aromatic heterocycles. The molecule has 0 aliphatic heterocycles. The number of rotatable bonds is 8. The lowest BCUT2D eigenvalue weighted by Crippen LogP contribution is -1.99. The van der Waals surface area contributed by atoms with Gasteiger partial charge in [-0.25, -0.2) is 0 Å². The molecule has 0 radical (unpaired) electrons. The molecular formula is C14H20I2O2. The average Bonchev–Trinajstić information content (AvgIpc) is 2.42. The molecule has 102 valence electrons. The molecular weight excluding hydrogens is 454 g/mol. The SMILES string of the molecule is COc1cc(CCCI)c(OC)cc1CCCI. The number of benzene rings is 1. The highest BCUT2D eigenvalue weighted by molar-refractivity contribution is 14.1. The summed E-state index contributed by atoms with van der Waals surface area (Å²) in [6, 6.07) is 4.29. The fraction of sp³-hybridized carbons (Fsp3) is 0.571. The summed E-state index contributed by atoms with van der Waals surface area (Å²) in [5.41, 5.74) is 2.51. The second kappa shape index (κ2) is 9.23. The number of hydrogen-bond donors (Lipinski definition) is 0. The van der Waals surface area contributed by atoms with Crippen LogP contribution in [0.2, 0.25) is 0 Å². The summed E-state index contributed by atoms with van der Waals surface area (Å²) in [4.78, 5) is 0. The maximum atomic E-state index is 5.50. The fourth-order valence-electron chi connectivity index (χ4n) is 1.93. The largest absolute Gasteiger partial charge is 0.496 e. The Morgan fingerprint density at radius 3 is 1.50 bits per heavy atom. The van der Waals surface area contributed by atoms with Gasteiger partial charge in [0, 0.05) is 0 Å². The van der Waals surface area contributed by atoms with Gasteiger partial charge in [0.1, 0.15) is 11.5 Å². The molecule has 18 heavy (non-hydrogen) atoms. The first kappa shape index (κ1) is 16.3. The van der Waals surface area contributed by atoms with Crippen molar-refractivity contribution < 1.29 is 9.47 Å². The standard InChI is InChI=1S/C14H20I2O2/c1-17-13-9-12(6-4-8-16)14(18-2)10-11(13)5-3-7-15/h9-10H,3-8H2,1-2H3. The predicted octanol–water partition coefficient (Wildman–Crippen LogP) is 4.44. The zero-order valence-electron chi connectivity index (χ0n) is 11.0. The van der Waals surface area contributed by atoms with E-state index in [1.54, 1.807) is 14.2 Å². The quantitative estimate of drug-likeness (QED) is 0.410. The summed E-state index contributed by atoms with van der Waals surface area (Å²) in [7, 11) is 3.49. The predicted molar refractivity (Wildman–Crippen MR) is 94.0 cm³/mol. The molecule has 0 aliphatic rings. The summed E-state index contributed by atoms with van der Waals surface area (Å²) in [6.45, 7) is 0. The first-order valence-electron chi connectivity index (χ1n) is 6.12. The Morgan fingerprint density at radius 1 is 0.833 bits per heavy atom. The van der Waals surface area contributed by atoms with Crippen LogP contribution < -0.4 is 9.47 Å². The van der Waals surface area contributed by atoms with Gasteiger partial charge in [-0.05, 0) is 57.8 Å².